The van der Waals surface area contributed by atoms with E-state index in [2.05, 4.69) is 36.6 Å². The molecule has 2 aromatic carbocycles. The molecule has 0 spiro atoms. The van der Waals surface area contributed by atoms with Gasteiger partial charge >= 0.3 is 0 Å². The van der Waals surface area contributed by atoms with Crippen LogP contribution in [0.1, 0.15) is 18.5 Å². The Hall–Kier alpha value is -0.690. The van der Waals surface area contributed by atoms with E-state index in [9.17, 15) is 8.42 Å². The molecule has 0 saturated carbocycles. The molecule has 6 heteroatoms. The number of rotatable bonds is 4. The molecule has 106 valence electrons. The van der Waals surface area contributed by atoms with Gasteiger partial charge in [-0.3, -0.25) is 0 Å². The second-order valence-corrected chi connectivity index (χ2v) is 7.78. The minimum atomic E-state index is -3.56. The van der Waals surface area contributed by atoms with Crippen molar-refractivity contribution in [1.29, 1.82) is 0 Å². The van der Waals surface area contributed by atoms with Crippen LogP contribution in [-0.4, -0.2) is 8.42 Å². The normalized spacial score (nSPS) is 13.2. The minimum Gasteiger partial charge on any atom is -0.207 e. The number of hydrogen-bond acceptors (Lipinski definition) is 2. The van der Waals surface area contributed by atoms with E-state index in [1.165, 1.54) is 0 Å². The first-order valence-corrected chi connectivity index (χ1v) is 8.99. The fourth-order valence-electron chi connectivity index (χ4n) is 1.80. The molecule has 0 bridgehead atoms. The summed E-state index contributed by atoms with van der Waals surface area (Å²) in [6.45, 7) is 1.82. The Labute approximate surface area is 135 Å². The van der Waals surface area contributed by atoms with Gasteiger partial charge in [0.2, 0.25) is 10.0 Å². The summed E-state index contributed by atoms with van der Waals surface area (Å²) in [5.74, 6) is 0. The van der Waals surface area contributed by atoms with E-state index in [1.54, 1.807) is 24.3 Å². The van der Waals surface area contributed by atoms with Gasteiger partial charge in [-0.1, -0.05) is 40.2 Å². The lowest BCUT2D eigenvalue weighted by molar-refractivity contribution is 0.566. The topological polar surface area (TPSA) is 46.2 Å². The molecule has 1 atom stereocenters. The molecule has 3 nitrogen and oxygen atoms in total. The fourth-order valence-corrected chi connectivity index (χ4v) is 4.45. The van der Waals surface area contributed by atoms with Crippen LogP contribution in [0.4, 0.5) is 0 Å². The summed E-state index contributed by atoms with van der Waals surface area (Å²) in [5.41, 5.74) is 0.898. The third-order valence-electron chi connectivity index (χ3n) is 2.81. The molecule has 0 aliphatic carbocycles. The van der Waals surface area contributed by atoms with E-state index in [0.29, 0.717) is 4.47 Å². The molecule has 0 unspecified atom stereocenters. The highest BCUT2D eigenvalue weighted by molar-refractivity contribution is 9.10. The number of halogens is 2. The van der Waals surface area contributed by atoms with Crippen molar-refractivity contribution in [3.05, 3.63) is 63.0 Å². The molecule has 20 heavy (non-hydrogen) atoms. The summed E-state index contributed by atoms with van der Waals surface area (Å²) in [5, 5.41) is 0. The van der Waals surface area contributed by atoms with Gasteiger partial charge in [-0.25, -0.2) is 13.1 Å². The van der Waals surface area contributed by atoms with Gasteiger partial charge in [0.15, 0.2) is 0 Å². The summed E-state index contributed by atoms with van der Waals surface area (Å²) < 4.78 is 28.9. The molecule has 0 aliphatic rings. The highest BCUT2D eigenvalue weighted by Crippen LogP contribution is 2.24. The number of benzene rings is 2. The minimum absolute atomic E-state index is 0.238. The molecule has 2 aromatic rings. The summed E-state index contributed by atoms with van der Waals surface area (Å²) in [6.07, 6.45) is 0. The lowest BCUT2D eigenvalue weighted by atomic mass is 10.1. The van der Waals surface area contributed by atoms with E-state index < -0.39 is 10.0 Å². The van der Waals surface area contributed by atoms with Gasteiger partial charge in [-0.05, 0) is 52.7 Å². The predicted octanol–water partition coefficient (Wildman–Crippen LogP) is 4.25. The van der Waals surface area contributed by atoms with Gasteiger partial charge in [0.25, 0.3) is 0 Å². The van der Waals surface area contributed by atoms with Crippen molar-refractivity contribution in [2.24, 2.45) is 0 Å². The van der Waals surface area contributed by atoms with Gasteiger partial charge in [0, 0.05) is 15.0 Å². The lowest BCUT2D eigenvalue weighted by Crippen LogP contribution is -2.27. The van der Waals surface area contributed by atoms with Crippen molar-refractivity contribution >= 4 is 41.9 Å². The van der Waals surface area contributed by atoms with E-state index >= 15 is 0 Å². The van der Waals surface area contributed by atoms with Crippen molar-refractivity contribution in [1.82, 2.24) is 4.72 Å². The second-order valence-electron chi connectivity index (χ2n) is 4.33. The number of sulfonamides is 1. The Morgan fingerprint density at radius 2 is 1.75 bits per heavy atom. The van der Waals surface area contributed by atoms with Gasteiger partial charge in [0.05, 0.1) is 4.90 Å². The second kappa shape index (κ2) is 6.39. The zero-order chi connectivity index (χ0) is 14.8. The average Bonchev–Trinajstić information content (AvgIpc) is 2.38. The third kappa shape index (κ3) is 3.69. The van der Waals surface area contributed by atoms with Crippen molar-refractivity contribution in [3.8, 4) is 0 Å². The van der Waals surface area contributed by atoms with Crippen LogP contribution in [0.3, 0.4) is 0 Å². The highest BCUT2D eigenvalue weighted by atomic mass is 79.9. The molecule has 2 rings (SSSR count). The van der Waals surface area contributed by atoms with Gasteiger partial charge in [-0.15, -0.1) is 0 Å². The number of hydrogen-bond donors (Lipinski definition) is 1. The molecule has 0 amide bonds. The van der Waals surface area contributed by atoms with Crippen molar-refractivity contribution < 1.29 is 8.42 Å². The Morgan fingerprint density at radius 1 is 1.05 bits per heavy atom. The fraction of sp³-hybridized carbons (Fsp3) is 0.143. The van der Waals surface area contributed by atoms with Crippen LogP contribution in [0.2, 0.25) is 0 Å². The molecule has 0 fully saturated rings. The standard InChI is InChI=1S/C14H13Br2NO2S/c1-10(11-5-4-6-12(15)9-11)17-20(18,19)14-8-3-2-7-13(14)16/h2-10,17H,1H3/t10-/m0/s1. The summed E-state index contributed by atoms with van der Waals surface area (Å²) in [7, 11) is -3.56. The van der Waals surface area contributed by atoms with E-state index in [0.717, 1.165) is 10.0 Å². The molecule has 0 saturated heterocycles. The van der Waals surface area contributed by atoms with Crippen LogP contribution < -0.4 is 4.72 Å². The van der Waals surface area contributed by atoms with Crippen molar-refractivity contribution in [2.45, 2.75) is 17.9 Å². The van der Waals surface area contributed by atoms with Crippen molar-refractivity contribution in [3.63, 3.8) is 0 Å². The first-order chi connectivity index (χ1) is 9.40. The molecular formula is C14H13Br2NO2S. The maximum Gasteiger partial charge on any atom is 0.242 e. The molecule has 1 N–H and O–H groups in total. The van der Waals surface area contributed by atoms with Crippen LogP contribution in [0.15, 0.2) is 62.4 Å². The maximum absolute atomic E-state index is 12.4. The van der Waals surface area contributed by atoms with Gasteiger partial charge < -0.3 is 0 Å². The molecule has 0 aliphatic heterocycles. The van der Waals surface area contributed by atoms with Crippen LogP contribution in [0.25, 0.3) is 0 Å². The summed E-state index contributed by atoms with van der Waals surface area (Å²) in [6, 6.07) is 14.0. The lowest BCUT2D eigenvalue weighted by Gasteiger charge is -2.15. The Bertz CT molecular complexity index is 717. The Balaban J connectivity index is 2.27. The van der Waals surface area contributed by atoms with E-state index in [1.807, 2.05) is 31.2 Å². The quantitative estimate of drug-likeness (QED) is 0.806. The third-order valence-corrected chi connectivity index (χ3v) is 5.85. The van der Waals surface area contributed by atoms with Crippen LogP contribution in [-0.2, 0) is 10.0 Å². The van der Waals surface area contributed by atoms with Crippen LogP contribution >= 0.6 is 31.9 Å². The maximum atomic E-state index is 12.4. The summed E-state index contributed by atoms with van der Waals surface area (Å²) in [4.78, 5) is 0.238. The van der Waals surface area contributed by atoms with Gasteiger partial charge in [0.1, 0.15) is 0 Å². The molecule has 0 radical (unpaired) electrons. The zero-order valence-corrected chi connectivity index (χ0v) is 14.7. The highest BCUT2D eigenvalue weighted by Gasteiger charge is 2.20. The van der Waals surface area contributed by atoms with E-state index in [4.69, 9.17) is 0 Å². The number of nitrogens with one attached hydrogen (secondary N) is 1. The Kier molecular flexibility index (Phi) is 5.01. The average molecular weight is 419 g/mol. The van der Waals surface area contributed by atoms with E-state index in [-0.39, 0.29) is 10.9 Å². The predicted molar refractivity (Wildman–Crippen MR) is 87.0 cm³/mol. The van der Waals surface area contributed by atoms with Crippen molar-refractivity contribution in [2.75, 3.05) is 0 Å². The van der Waals surface area contributed by atoms with Crippen LogP contribution in [0.5, 0.6) is 0 Å². The zero-order valence-electron chi connectivity index (χ0n) is 10.7. The molecule has 0 aromatic heterocycles. The summed E-state index contributed by atoms with van der Waals surface area (Å²) >= 11 is 6.65. The first kappa shape index (κ1) is 15.7. The van der Waals surface area contributed by atoms with Crippen LogP contribution in [0, 0.1) is 0 Å². The monoisotopic (exact) mass is 417 g/mol. The van der Waals surface area contributed by atoms with Gasteiger partial charge in [-0.2, -0.15) is 0 Å². The molecule has 0 heterocycles. The first-order valence-electron chi connectivity index (χ1n) is 5.92. The molecular weight excluding hydrogens is 406 g/mol. The largest absolute Gasteiger partial charge is 0.242 e. The smallest absolute Gasteiger partial charge is 0.207 e. The Morgan fingerprint density at radius 3 is 2.40 bits per heavy atom. The SMILES string of the molecule is C[C@H](NS(=O)(=O)c1ccccc1Br)c1cccc(Br)c1.